The molecule has 2 N–H and O–H groups in total. The quantitative estimate of drug-likeness (QED) is 0.641. The second-order valence-corrected chi connectivity index (χ2v) is 4.08. The van der Waals surface area contributed by atoms with Gasteiger partial charge in [0, 0.05) is 6.04 Å². The second kappa shape index (κ2) is 6.66. The zero-order valence-corrected chi connectivity index (χ0v) is 13.8. The summed E-state index contributed by atoms with van der Waals surface area (Å²) in [6.07, 6.45) is 2.06. The number of rotatable bonds is 3. The molecule has 5 heteroatoms. The summed E-state index contributed by atoms with van der Waals surface area (Å²) in [4.78, 5) is 24.6. The van der Waals surface area contributed by atoms with E-state index >= 15 is 0 Å². The third kappa shape index (κ3) is 3.24. The molecule has 88 valence electrons. The van der Waals surface area contributed by atoms with Gasteiger partial charge in [0.05, 0.1) is 0 Å². The van der Waals surface area contributed by atoms with E-state index in [4.69, 9.17) is 5.73 Å². The maximum atomic E-state index is 11.9. The number of nitrogens with zero attached hydrogens (tertiary/aromatic N) is 1. The minimum Gasteiger partial charge on any atom is -0.368 e. The molecule has 0 aliphatic carbocycles. The normalized spacial score (nSPS) is 26.1. The zero-order valence-electron chi connectivity index (χ0n) is 9.61. The van der Waals surface area contributed by atoms with Crippen molar-refractivity contribution in [1.29, 1.82) is 0 Å². The molecule has 0 aromatic carbocycles. The number of hydrogen-bond acceptors (Lipinski definition) is 2. The monoisotopic (exact) mass is 448 g/mol. The predicted molar refractivity (Wildman–Crippen MR) is 57.3 cm³/mol. The van der Waals surface area contributed by atoms with Crippen LogP contribution in [0.2, 0.25) is 0 Å². The molecular formula is C11H18N2O2U. The summed E-state index contributed by atoms with van der Waals surface area (Å²) in [5.41, 5.74) is 5.27. The number of hydrogen-bond donors (Lipinski definition) is 1. The molecular weight excluding hydrogens is 430 g/mol. The Hall–Kier alpha value is -0.00805. The van der Waals surface area contributed by atoms with E-state index in [2.05, 4.69) is 13.8 Å². The molecule has 0 unspecified atom stereocenters. The van der Waals surface area contributed by atoms with Gasteiger partial charge in [-0.15, -0.1) is 0 Å². The Morgan fingerprint density at radius 2 is 2.06 bits per heavy atom. The summed E-state index contributed by atoms with van der Waals surface area (Å²) in [5.74, 6) is -0.885. The van der Waals surface area contributed by atoms with Crippen molar-refractivity contribution in [2.75, 3.05) is 0 Å². The molecule has 0 aromatic heterocycles. The number of likely N-dealkylation sites (tertiary alicyclic amines) is 1. The molecule has 2 amide bonds. The summed E-state index contributed by atoms with van der Waals surface area (Å²) in [6, 6.07) is -0.423. The van der Waals surface area contributed by atoms with Gasteiger partial charge in [-0.2, -0.15) is 6.42 Å². The van der Waals surface area contributed by atoms with Gasteiger partial charge < -0.3 is 24.5 Å². The molecule has 0 saturated carbocycles. The van der Waals surface area contributed by atoms with E-state index in [0.29, 0.717) is 12.8 Å². The summed E-state index contributed by atoms with van der Waals surface area (Å²) in [5, 5.41) is 0. The van der Waals surface area contributed by atoms with Crippen molar-refractivity contribution in [1.82, 2.24) is 4.90 Å². The molecule has 1 rings (SSSR count). The van der Waals surface area contributed by atoms with E-state index in [1.165, 1.54) is 0 Å². The summed E-state index contributed by atoms with van der Waals surface area (Å²) in [6.45, 7) is 9.19. The Bertz CT molecular complexity index is 269. The maximum Gasteiger partial charge on any atom is 2.00 e. The van der Waals surface area contributed by atoms with Crippen LogP contribution >= 0.6 is 0 Å². The third-order valence-corrected chi connectivity index (χ3v) is 2.84. The first-order valence-corrected chi connectivity index (χ1v) is 5.22. The van der Waals surface area contributed by atoms with Crippen molar-refractivity contribution in [3.63, 3.8) is 0 Å². The van der Waals surface area contributed by atoms with Gasteiger partial charge in [0.1, 0.15) is 6.04 Å². The minimum atomic E-state index is -0.464. The van der Waals surface area contributed by atoms with Crippen LogP contribution in [0.3, 0.4) is 0 Å². The van der Waals surface area contributed by atoms with Crippen molar-refractivity contribution in [2.45, 2.75) is 38.3 Å². The molecule has 1 heterocycles. The molecule has 0 aromatic rings. The van der Waals surface area contributed by atoms with Gasteiger partial charge in [-0.25, -0.2) is 0 Å². The summed E-state index contributed by atoms with van der Waals surface area (Å²) in [7, 11) is 0. The molecule has 4 nitrogen and oxygen atoms in total. The number of amides is 2. The predicted octanol–water partition coefficient (Wildman–Crippen LogP) is 0.526. The molecule has 1 fully saturated rings. The first kappa shape index (κ1) is 16.0. The van der Waals surface area contributed by atoms with Crippen LogP contribution in [0.1, 0.15) is 26.2 Å². The first-order chi connectivity index (χ1) is 6.99. The van der Waals surface area contributed by atoms with Crippen LogP contribution in [0.15, 0.2) is 0 Å². The van der Waals surface area contributed by atoms with Crippen LogP contribution in [-0.4, -0.2) is 28.8 Å². The van der Waals surface area contributed by atoms with E-state index in [9.17, 15) is 9.59 Å². The molecule has 16 heavy (non-hydrogen) atoms. The molecule has 3 atom stereocenters. The summed E-state index contributed by atoms with van der Waals surface area (Å²) < 4.78 is 0. The fourth-order valence-corrected chi connectivity index (χ4v) is 2.03. The van der Waals surface area contributed by atoms with Crippen LogP contribution in [0.5, 0.6) is 0 Å². The van der Waals surface area contributed by atoms with Crippen LogP contribution in [0.4, 0.5) is 0 Å². The Morgan fingerprint density at radius 1 is 1.50 bits per heavy atom. The summed E-state index contributed by atoms with van der Waals surface area (Å²) >= 11 is 0. The maximum absolute atomic E-state index is 11.9. The van der Waals surface area contributed by atoms with Gasteiger partial charge in [-0.3, -0.25) is 9.59 Å². The number of nitrogens with two attached hydrogens (primary N) is 1. The SMILES string of the molecule is [CH2-]C[C@H]1CC[C@@H](C(N)=O)N1C(=O)[C@H]([CH2-])C.[U+2]. The van der Waals surface area contributed by atoms with Gasteiger partial charge in [0.2, 0.25) is 5.91 Å². The van der Waals surface area contributed by atoms with Gasteiger partial charge in [-0.05, 0) is 12.8 Å². The van der Waals surface area contributed by atoms with E-state index in [-0.39, 0.29) is 49.0 Å². The molecule has 1 aliphatic rings. The number of primary amides is 1. The van der Waals surface area contributed by atoms with Crippen LogP contribution in [0, 0.1) is 50.9 Å². The van der Waals surface area contributed by atoms with E-state index < -0.39 is 11.9 Å². The smallest absolute Gasteiger partial charge is 0.368 e. The Balaban J connectivity index is 0.00000225. The fraction of sp³-hybridized carbons (Fsp3) is 0.636. The Kier molecular flexibility index (Phi) is 6.66. The number of carbonyl (C=O) groups excluding carboxylic acids is 2. The average molecular weight is 448 g/mol. The molecule has 1 aliphatic heterocycles. The Morgan fingerprint density at radius 3 is 2.44 bits per heavy atom. The molecule has 0 spiro atoms. The standard InChI is InChI=1S/C11H18N2O2.U/c1-4-8-5-6-9(10(12)14)13(8)11(15)7(2)3;/h7-9H,1-2,4-6H2,3H3,(H2,12,14);/q-2;+2/t7-,8+,9+;/m1./s1. The van der Waals surface area contributed by atoms with Crippen molar-refractivity contribution in [2.24, 2.45) is 11.7 Å². The van der Waals surface area contributed by atoms with Crippen molar-refractivity contribution in [3.05, 3.63) is 13.8 Å². The van der Waals surface area contributed by atoms with Crippen molar-refractivity contribution >= 4 is 11.8 Å². The van der Waals surface area contributed by atoms with E-state index in [0.717, 1.165) is 6.42 Å². The first-order valence-electron chi connectivity index (χ1n) is 5.22. The number of carbonyl (C=O) groups is 2. The van der Waals surface area contributed by atoms with Crippen LogP contribution in [0.25, 0.3) is 0 Å². The van der Waals surface area contributed by atoms with E-state index in [1.807, 2.05) is 0 Å². The van der Waals surface area contributed by atoms with E-state index in [1.54, 1.807) is 11.8 Å². The Labute approximate surface area is 121 Å². The largest absolute Gasteiger partial charge is 2.00 e. The molecule has 0 bridgehead atoms. The molecule has 0 radical (unpaired) electrons. The van der Waals surface area contributed by atoms with Gasteiger partial charge >= 0.3 is 31.1 Å². The topological polar surface area (TPSA) is 63.4 Å². The molecule has 1 saturated heterocycles. The van der Waals surface area contributed by atoms with Gasteiger partial charge in [-0.1, -0.05) is 12.8 Å². The average Bonchev–Trinajstić information content (AvgIpc) is 2.59. The van der Waals surface area contributed by atoms with Crippen LogP contribution in [-0.2, 0) is 9.59 Å². The fourth-order valence-electron chi connectivity index (χ4n) is 2.03. The van der Waals surface area contributed by atoms with Gasteiger partial charge in [0.15, 0.2) is 5.91 Å². The zero-order chi connectivity index (χ0) is 11.6. The van der Waals surface area contributed by atoms with Gasteiger partial charge in [0.25, 0.3) is 0 Å². The second-order valence-electron chi connectivity index (χ2n) is 4.08. The van der Waals surface area contributed by atoms with Crippen molar-refractivity contribution in [3.8, 4) is 0 Å². The van der Waals surface area contributed by atoms with Crippen LogP contribution < -0.4 is 5.73 Å². The third-order valence-electron chi connectivity index (χ3n) is 2.84. The van der Waals surface area contributed by atoms with Crippen molar-refractivity contribution < 1.29 is 40.7 Å². The minimum absolute atomic E-state index is 0.